The Labute approximate surface area is 212 Å². The van der Waals surface area contributed by atoms with Gasteiger partial charge in [-0.05, 0) is 77.9 Å². The maximum atomic E-state index is 12.7. The van der Waals surface area contributed by atoms with Gasteiger partial charge in [0.25, 0.3) is 5.91 Å². The van der Waals surface area contributed by atoms with E-state index >= 15 is 0 Å². The molecule has 0 spiro atoms. The molecule has 0 saturated carbocycles. The Hall–Kier alpha value is -3.44. The van der Waals surface area contributed by atoms with Crippen LogP contribution in [0.3, 0.4) is 0 Å². The van der Waals surface area contributed by atoms with Gasteiger partial charge in [0.15, 0.2) is 0 Å². The predicted molar refractivity (Wildman–Crippen MR) is 143 cm³/mol. The van der Waals surface area contributed by atoms with Gasteiger partial charge < -0.3 is 5.32 Å². The van der Waals surface area contributed by atoms with Crippen LogP contribution in [0.25, 0.3) is 0 Å². The summed E-state index contributed by atoms with van der Waals surface area (Å²) in [6.45, 7) is 0. The summed E-state index contributed by atoms with van der Waals surface area (Å²) in [5, 5.41) is 4.56. The molecular formula is C27H18Cl3N3O. The van der Waals surface area contributed by atoms with Crippen molar-refractivity contribution in [3.8, 4) is 0 Å². The average Bonchev–Trinajstić information content (AvgIpc) is 2.85. The van der Waals surface area contributed by atoms with Gasteiger partial charge in [-0.15, -0.1) is 0 Å². The van der Waals surface area contributed by atoms with Crippen molar-refractivity contribution in [3.63, 3.8) is 0 Å². The number of nitrogens with zero attached hydrogens (tertiary/aromatic N) is 2. The summed E-state index contributed by atoms with van der Waals surface area (Å²) in [6.07, 6.45) is 3.46. The minimum atomic E-state index is -0.271. The van der Waals surface area contributed by atoms with Crippen LogP contribution in [0.1, 0.15) is 21.5 Å². The second-order valence-corrected chi connectivity index (χ2v) is 8.56. The Morgan fingerprint density at radius 2 is 1.15 bits per heavy atom. The van der Waals surface area contributed by atoms with Crippen LogP contribution in [0.15, 0.2) is 101 Å². The first-order valence-corrected chi connectivity index (χ1v) is 11.4. The van der Waals surface area contributed by atoms with E-state index in [0.29, 0.717) is 32.0 Å². The fourth-order valence-corrected chi connectivity index (χ4v) is 3.45. The molecule has 0 aliphatic rings. The van der Waals surface area contributed by atoms with Gasteiger partial charge in [0.1, 0.15) is 0 Å². The van der Waals surface area contributed by atoms with Gasteiger partial charge in [0.05, 0.1) is 22.1 Å². The molecule has 0 aliphatic carbocycles. The minimum Gasteiger partial charge on any atom is -0.321 e. The Balaban J connectivity index is 1.39. The van der Waals surface area contributed by atoms with Crippen molar-refractivity contribution in [1.29, 1.82) is 0 Å². The first-order valence-electron chi connectivity index (χ1n) is 10.3. The van der Waals surface area contributed by atoms with Crippen LogP contribution in [-0.4, -0.2) is 18.3 Å². The summed E-state index contributed by atoms with van der Waals surface area (Å²) in [7, 11) is 0. The number of aliphatic imine (C=N–C) groups is 2. The largest absolute Gasteiger partial charge is 0.321 e. The number of amides is 1. The lowest BCUT2D eigenvalue weighted by Crippen LogP contribution is -2.11. The topological polar surface area (TPSA) is 53.8 Å². The van der Waals surface area contributed by atoms with E-state index in [1.165, 1.54) is 0 Å². The smallest absolute Gasteiger partial charge is 0.255 e. The number of nitrogens with one attached hydrogen (secondary N) is 1. The molecule has 0 atom stereocenters. The molecule has 0 saturated heterocycles. The number of hydrogen-bond acceptors (Lipinski definition) is 3. The maximum Gasteiger partial charge on any atom is 0.255 e. The van der Waals surface area contributed by atoms with Crippen LogP contribution in [0.4, 0.5) is 17.1 Å². The zero-order valence-electron chi connectivity index (χ0n) is 17.8. The van der Waals surface area contributed by atoms with E-state index in [2.05, 4.69) is 15.3 Å². The van der Waals surface area contributed by atoms with Gasteiger partial charge in [-0.1, -0.05) is 59.1 Å². The Kier molecular flexibility index (Phi) is 7.76. The molecule has 0 aromatic heterocycles. The molecule has 4 rings (SSSR count). The van der Waals surface area contributed by atoms with Crippen LogP contribution >= 0.6 is 34.8 Å². The number of benzene rings is 4. The highest BCUT2D eigenvalue weighted by Crippen LogP contribution is 2.28. The highest BCUT2D eigenvalue weighted by molar-refractivity contribution is 6.34. The zero-order valence-corrected chi connectivity index (χ0v) is 20.0. The third kappa shape index (κ3) is 6.55. The van der Waals surface area contributed by atoms with Crippen LogP contribution in [0.5, 0.6) is 0 Å². The SMILES string of the molecule is O=C(Nc1ccc(N=Cc2ccc(Cl)cc2)cc1Cl)c1ccc(N=Cc2ccc(Cl)cc2)cc1. The summed E-state index contributed by atoms with van der Waals surface area (Å²) in [6, 6.07) is 26.9. The van der Waals surface area contributed by atoms with E-state index in [1.807, 2.05) is 24.3 Å². The second kappa shape index (κ2) is 11.1. The molecule has 0 heterocycles. The summed E-state index contributed by atoms with van der Waals surface area (Å²) in [5.41, 5.74) is 4.24. The highest BCUT2D eigenvalue weighted by atomic mass is 35.5. The quantitative estimate of drug-likeness (QED) is 0.262. The number of carbonyl (C=O) groups is 1. The van der Waals surface area contributed by atoms with E-state index in [0.717, 1.165) is 16.8 Å². The van der Waals surface area contributed by atoms with Crippen LogP contribution < -0.4 is 5.32 Å². The Bertz CT molecular complexity index is 1350. The molecule has 1 N–H and O–H groups in total. The molecule has 7 heteroatoms. The van der Waals surface area contributed by atoms with E-state index in [4.69, 9.17) is 34.8 Å². The van der Waals surface area contributed by atoms with E-state index < -0.39 is 0 Å². The van der Waals surface area contributed by atoms with E-state index in [-0.39, 0.29) is 5.91 Å². The molecule has 0 radical (unpaired) electrons. The maximum absolute atomic E-state index is 12.7. The summed E-state index contributed by atoms with van der Waals surface area (Å²) < 4.78 is 0. The molecule has 4 nitrogen and oxygen atoms in total. The molecule has 0 aliphatic heterocycles. The van der Waals surface area contributed by atoms with Gasteiger partial charge in [-0.25, -0.2) is 0 Å². The summed E-state index contributed by atoms with van der Waals surface area (Å²) >= 11 is 18.2. The first-order chi connectivity index (χ1) is 16.5. The summed E-state index contributed by atoms with van der Waals surface area (Å²) in [5.74, 6) is -0.271. The highest BCUT2D eigenvalue weighted by Gasteiger charge is 2.09. The first kappa shape index (κ1) is 23.7. The molecule has 0 bridgehead atoms. The van der Waals surface area contributed by atoms with Gasteiger partial charge in [0.2, 0.25) is 0 Å². The Morgan fingerprint density at radius 3 is 1.68 bits per heavy atom. The van der Waals surface area contributed by atoms with Crippen LogP contribution in [0.2, 0.25) is 15.1 Å². The number of rotatable bonds is 6. The second-order valence-electron chi connectivity index (χ2n) is 7.28. The van der Waals surface area contributed by atoms with Gasteiger partial charge in [-0.2, -0.15) is 0 Å². The lowest BCUT2D eigenvalue weighted by Gasteiger charge is -2.08. The van der Waals surface area contributed by atoms with Crippen molar-refractivity contribution in [2.75, 3.05) is 5.32 Å². The molecule has 4 aromatic carbocycles. The van der Waals surface area contributed by atoms with E-state index in [1.54, 1.807) is 79.2 Å². The standard InChI is InChI=1S/C27H18Cl3N3O/c28-21-7-1-18(2-8-21)16-31-23-11-5-20(6-12-23)27(34)33-26-14-13-24(15-25(26)30)32-17-19-3-9-22(29)10-4-19/h1-17H,(H,33,34). The number of carbonyl (C=O) groups excluding carboxylic acids is 1. The monoisotopic (exact) mass is 505 g/mol. The third-order valence-corrected chi connectivity index (χ3v) is 5.61. The fourth-order valence-electron chi connectivity index (χ4n) is 2.97. The molecular weight excluding hydrogens is 489 g/mol. The van der Waals surface area contributed by atoms with Crippen molar-refractivity contribution in [1.82, 2.24) is 0 Å². The zero-order chi connectivity index (χ0) is 23.9. The molecule has 1 amide bonds. The summed E-state index contributed by atoms with van der Waals surface area (Å²) in [4.78, 5) is 21.5. The molecule has 0 fully saturated rings. The molecule has 168 valence electrons. The average molecular weight is 507 g/mol. The Morgan fingerprint density at radius 1 is 0.647 bits per heavy atom. The number of anilines is 1. The minimum absolute atomic E-state index is 0.271. The normalized spacial score (nSPS) is 11.3. The van der Waals surface area contributed by atoms with Crippen LogP contribution in [-0.2, 0) is 0 Å². The lowest BCUT2D eigenvalue weighted by molar-refractivity contribution is 0.102. The predicted octanol–water partition coefficient (Wildman–Crippen LogP) is 8.40. The lowest BCUT2D eigenvalue weighted by atomic mass is 10.2. The van der Waals surface area contributed by atoms with E-state index in [9.17, 15) is 4.79 Å². The molecule has 0 unspecified atom stereocenters. The fraction of sp³-hybridized carbons (Fsp3) is 0. The third-order valence-electron chi connectivity index (χ3n) is 4.80. The van der Waals surface area contributed by atoms with Crippen molar-refractivity contribution >= 4 is 70.2 Å². The van der Waals surface area contributed by atoms with Gasteiger partial charge in [0, 0.05) is 28.0 Å². The van der Waals surface area contributed by atoms with Crippen molar-refractivity contribution < 1.29 is 4.79 Å². The number of halogens is 3. The van der Waals surface area contributed by atoms with Gasteiger partial charge >= 0.3 is 0 Å². The molecule has 4 aromatic rings. The molecule has 34 heavy (non-hydrogen) atoms. The van der Waals surface area contributed by atoms with Crippen molar-refractivity contribution in [2.24, 2.45) is 9.98 Å². The van der Waals surface area contributed by atoms with Gasteiger partial charge in [-0.3, -0.25) is 14.8 Å². The van der Waals surface area contributed by atoms with Crippen molar-refractivity contribution in [2.45, 2.75) is 0 Å². The number of hydrogen-bond donors (Lipinski definition) is 1. The van der Waals surface area contributed by atoms with Crippen molar-refractivity contribution in [3.05, 3.63) is 123 Å². The van der Waals surface area contributed by atoms with Crippen LogP contribution in [0, 0.1) is 0 Å².